The van der Waals surface area contributed by atoms with E-state index in [9.17, 15) is 4.39 Å². The molecule has 1 N–H and O–H groups in total. The first-order valence-electron chi connectivity index (χ1n) is 6.45. The van der Waals surface area contributed by atoms with Gasteiger partial charge in [-0.15, -0.1) is 0 Å². The zero-order chi connectivity index (χ0) is 13.2. The number of nitrogens with one attached hydrogen (secondary N) is 1. The summed E-state index contributed by atoms with van der Waals surface area (Å²) < 4.78 is 19.3. The van der Waals surface area contributed by atoms with E-state index in [1.165, 1.54) is 11.6 Å². The summed E-state index contributed by atoms with van der Waals surface area (Å²) in [4.78, 5) is 0. The predicted molar refractivity (Wildman–Crippen MR) is 72.8 cm³/mol. The summed E-state index contributed by atoms with van der Waals surface area (Å²) >= 11 is 0. The molecule has 0 aromatic heterocycles. The lowest BCUT2D eigenvalue weighted by molar-refractivity contribution is 0.183. The Bertz CT molecular complexity index is 559. The van der Waals surface area contributed by atoms with E-state index in [-0.39, 0.29) is 18.0 Å². The van der Waals surface area contributed by atoms with Crippen molar-refractivity contribution in [3.63, 3.8) is 0 Å². The maximum absolute atomic E-state index is 13.3. The summed E-state index contributed by atoms with van der Waals surface area (Å²) in [5.41, 5.74) is 2.13. The lowest BCUT2D eigenvalue weighted by Crippen LogP contribution is -2.32. The Morgan fingerprint density at radius 1 is 1.21 bits per heavy atom. The normalized spacial score (nSPS) is 18.7. The zero-order valence-electron chi connectivity index (χ0n) is 10.8. The molecule has 0 fully saturated rings. The first kappa shape index (κ1) is 12.2. The van der Waals surface area contributed by atoms with Crippen LogP contribution in [-0.4, -0.2) is 13.2 Å². The van der Waals surface area contributed by atoms with Gasteiger partial charge in [0.25, 0.3) is 0 Å². The van der Waals surface area contributed by atoms with Crippen molar-refractivity contribution >= 4 is 0 Å². The van der Waals surface area contributed by atoms with E-state index in [4.69, 9.17) is 4.74 Å². The van der Waals surface area contributed by atoms with E-state index < -0.39 is 0 Å². The van der Waals surface area contributed by atoms with Crippen LogP contribution in [0.2, 0.25) is 0 Å². The van der Waals surface area contributed by atoms with Gasteiger partial charge >= 0.3 is 0 Å². The minimum absolute atomic E-state index is 0.00389. The van der Waals surface area contributed by atoms with Gasteiger partial charge in [0.05, 0.1) is 6.04 Å². The second kappa shape index (κ2) is 5.02. The molecule has 0 saturated heterocycles. The van der Waals surface area contributed by atoms with Crippen LogP contribution in [0.5, 0.6) is 5.75 Å². The van der Waals surface area contributed by atoms with E-state index in [1.54, 1.807) is 12.1 Å². The molecule has 1 aliphatic rings. The maximum atomic E-state index is 13.3. The Morgan fingerprint density at radius 2 is 2.05 bits per heavy atom. The van der Waals surface area contributed by atoms with Gasteiger partial charge in [-0.3, -0.25) is 0 Å². The van der Waals surface area contributed by atoms with Crippen molar-refractivity contribution in [1.29, 1.82) is 0 Å². The van der Waals surface area contributed by atoms with E-state index >= 15 is 0 Å². The smallest absolute Gasteiger partial charge is 0.123 e. The van der Waals surface area contributed by atoms with Crippen LogP contribution in [0.25, 0.3) is 0 Å². The van der Waals surface area contributed by atoms with E-state index in [0.29, 0.717) is 0 Å². The average Bonchev–Trinajstić information content (AvgIpc) is 2.83. The van der Waals surface area contributed by atoms with E-state index in [0.717, 1.165) is 17.7 Å². The SMILES string of the molecule is CNC(c1cccc(F)c1)C1Cc2ccccc2O1. The number of likely N-dealkylation sites (N-methyl/N-ethyl adjacent to an activating group) is 1. The van der Waals surface area contributed by atoms with Gasteiger partial charge in [0, 0.05) is 6.42 Å². The standard InChI is InChI=1S/C16H16FNO/c1-18-16(12-6-4-7-13(17)9-12)15-10-11-5-2-3-8-14(11)19-15/h2-9,15-16,18H,10H2,1H3. The number of rotatable bonds is 3. The molecule has 1 aliphatic heterocycles. The summed E-state index contributed by atoms with van der Waals surface area (Å²) in [6.07, 6.45) is 0.849. The molecule has 0 spiro atoms. The summed E-state index contributed by atoms with van der Waals surface area (Å²) in [6, 6.07) is 14.7. The zero-order valence-corrected chi connectivity index (χ0v) is 10.8. The topological polar surface area (TPSA) is 21.3 Å². The molecule has 1 heterocycles. The van der Waals surface area contributed by atoms with Crippen LogP contribution < -0.4 is 10.1 Å². The largest absolute Gasteiger partial charge is 0.488 e. The first-order valence-corrected chi connectivity index (χ1v) is 6.45. The molecule has 0 aliphatic carbocycles. The van der Waals surface area contributed by atoms with Crippen molar-refractivity contribution in [1.82, 2.24) is 5.32 Å². The van der Waals surface area contributed by atoms with Crippen molar-refractivity contribution in [2.75, 3.05) is 7.05 Å². The number of ether oxygens (including phenoxy) is 1. The highest BCUT2D eigenvalue weighted by atomic mass is 19.1. The second-order valence-corrected chi connectivity index (χ2v) is 4.79. The number of halogens is 1. The lowest BCUT2D eigenvalue weighted by atomic mass is 9.98. The molecule has 0 saturated carbocycles. The number of benzene rings is 2. The van der Waals surface area contributed by atoms with Crippen LogP contribution >= 0.6 is 0 Å². The Balaban J connectivity index is 1.86. The molecular formula is C16H16FNO. The van der Waals surface area contributed by atoms with Crippen LogP contribution in [0.1, 0.15) is 17.2 Å². The van der Waals surface area contributed by atoms with Crippen LogP contribution in [0, 0.1) is 5.82 Å². The highest BCUT2D eigenvalue weighted by Crippen LogP contribution is 2.33. The molecule has 3 heteroatoms. The quantitative estimate of drug-likeness (QED) is 0.912. The van der Waals surface area contributed by atoms with Crippen LogP contribution in [0.4, 0.5) is 4.39 Å². The van der Waals surface area contributed by atoms with Crippen molar-refractivity contribution < 1.29 is 9.13 Å². The fourth-order valence-corrected chi connectivity index (χ4v) is 2.66. The van der Waals surface area contributed by atoms with Gasteiger partial charge in [0.1, 0.15) is 17.7 Å². The van der Waals surface area contributed by atoms with E-state index in [2.05, 4.69) is 11.4 Å². The third-order valence-corrected chi connectivity index (χ3v) is 3.56. The monoisotopic (exact) mass is 257 g/mol. The summed E-state index contributed by atoms with van der Waals surface area (Å²) in [6.45, 7) is 0. The van der Waals surface area contributed by atoms with Gasteiger partial charge in [-0.2, -0.15) is 0 Å². The van der Waals surface area contributed by atoms with Crippen molar-refractivity contribution in [2.45, 2.75) is 18.6 Å². The minimum atomic E-state index is -0.215. The van der Waals surface area contributed by atoms with Crippen molar-refractivity contribution in [2.24, 2.45) is 0 Å². The Morgan fingerprint density at radius 3 is 2.79 bits per heavy atom. The molecule has 0 amide bonds. The molecule has 2 aromatic rings. The molecule has 2 aromatic carbocycles. The molecular weight excluding hydrogens is 241 g/mol. The molecule has 2 nitrogen and oxygen atoms in total. The highest BCUT2D eigenvalue weighted by molar-refractivity contribution is 5.38. The molecule has 19 heavy (non-hydrogen) atoms. The Kier molecular flexibility index (Phi) is 3.22. The van der Waals surface area contributed by atoms with Gasteiger partial charge in [-0.25, -0.2) is 4.39 Å². The molecule has 2 unspecified atom stereocenters. The molecule has 0 radical (unpaired) electrons. The Hall–Kier alpha value is -1.87. The Labute approximate surface area is 112 Å². The predicted octanol–water partition coefficient (Wildman–Crippen LogP) is 3.09. The van der Waals surface area contributed by atoms with E-state index in [1.807, 2.05) is 31.3 Å². The third kappa shape index (κ3) is 2.34. The molecule has 2 atom stereocenters. The fraction of sp³-hybridized carbons (Fsp3) is 0.250. The first-order chi connectivity index (χ1) is 9.28. The number of para-hydroxylation sites is 1. The number of hydrogen-bond acceptors (Lipinski definition) is 2. The highest BCUT2D eigenvalue weighted by Gasteiger charge is 2.30. The lowest BCUT2D eigenvalue weighted by Gasteiger charge is -2.23. The van der Waals surface area contributed by atoms with Crippen LogP contribution in [-0.2, 0) is 6.42 Å². The summed E-state index contributed by atoms with van der Waals surface area (Å²) in [5.74, 6) is 0.720. The summed E-state index contributed by atoms with van der Waals surface area (Å²) in [7, 11) is 1.88. The maximum Gasteiger partial charge on any atom is 0.123 e. The number of hydrogen-bond donors (Lipinski definition) is 1. The average molecular weight is 257 g/mol. The second-order valence-electron chi connectivity index (χ2n) is 4.79. The molecule has 98 valence electrons. The van der Waals surface area contributed by atoms with Gasteiger partial charge in [-0.1, -0.05) is 30.3 Å². The number of fused-ring (bicyclic) bond motifs is 1. The van der Waals surface area contributed by atoms with Crippen LogP contribution in [0.15, 0.2) is 48.5 Å². The van der Waals surface area contributed by atoms with Gasteiger partial charge < -0.3 is 10.1 Å². The minimum Gasteiger partial charge on any atom is -0.488 e. The fourth-order valence-electron chi connectivity index (χ4n) is 2.66. The van der Waals surface area contributed by atoms with Gasteiger partial charge in [-0.05, 0) is 36.4 Å². The van der Waals surface area contributed by atoms with Crippen LogP contribution in [0.3, 0.4) is 0 Å². The van der Waals surface area contributed by atoms with Crippen molar-refractivity contribution in [3.05, 3.63) is 65.5 Å². The van der Waals surface area contributed by atoms with Gasteiger partial charge in [0.2, 0.25) is 0 Å². The molecule has 3 rings (SSSR count). The third-order valence-electron chi connectivity index (χ3n) is 3.56. The molecule has 0 bridgehead atoms. The van der Waals surface area contributed by atoms with Gasteiger partial charge in [0.15, 0.2) is 0 Å². The van der Waals surface area contributed by atoms with Crippen molar-refractivity contribution in [3.8, 4) is 5.75 Å². The summed E-state index contributed by atoms with van der Waals surface area (Å²) in [5, 5.41) is 3.23.